The fraction of sp³-hybridized carbons (Fsp3) is 0.286. The summed E-state index contributed by atoms with van der Waals surface area (Å²) in [6.45, 7) is 6.99. The molecule has 28 heavy (non-hydrogen) atoms. The summed E-state index contributed by atoms with van der Waals surface area (Å²) in [4.78, 5) is 16.0. The van der Waals surface area contributed by atoms with Gasteiger partial charge in [0.2, 0.25) is 17.8 Å². The number of ether oxygens (including phenoxy) is 1. The molecule has 4 rings (SSSR count). The molecular formula is C21H24N6O. The number of morpholine rings is 1. The quantitative estimate of drug-likeness (QED) is 0.701. The van der Waals surface area contributed by atoms with Crippen LogP contribution in [-0.4, -0.2) is 41.3 Å². The van der Waals surface area contributed by atoms with Gasteiger partial charge in [0.1, 0.15) is 0 Å². The molecule has 0 amide bonds. The maximum absolute atomic E-state index is 5.45. The number of hydrogen-bond acceptors (Lipinski definition) is 7. The van der Waals surface area contributed by atoms with Crippen LogP contribution in [-0.2, 0) is 4.74 Å². The highest BCUT2D eigenvalue weighted by atomic mass is 16.5. The van der Waals surface area contributed by atoms with E-state index >= 15 is 0 Å². The Bertz CT molecular complexity index is 938. The van der Waals surface area contributed by atoms with Gasteiger partial charge in [0.15, 0.2) is 0 Å². The van der Waals surface area contributed by atoms with Crippen LogP contribution >= 0.6 is 0 Å². The number of nitrogens with one attached hydrogen (secondary N) is 2. The minimum absolute atomic E-state index is 0.510. The monoisotopic (exact) mass is 376 g/mol. The standard InChI is InChI=1S/C21H24N6O/c1-15-6-8-17(9-7-15)22-19-24-20(23-18-5-3-4-16(2)14-18)26-21(25-19)27-10-12-28-13-11-27/h3-9,14H,10-13H2,1-2H3,(H2,22,23,24,25,26). The molecule has 0 spiro atoms. The van der Waals surface area contributed by atoms with Gasteiger partial charge in [-0.05, 0) is 43.7 Å². The second-order valence-corrected chi connectivity index (χ2v) is 6.87. The third kappa shape index (κ3) is 4.55. The molecular weight excluding hydrogens is 352 g/mol. The van der Waals surface area contributed by atoms with E-state index in [-0.39, 0.29) is 0 Å². The summed E-state index contributed by atoms with van der Waals surface area (Å²) >= 11 is 0. The van der Waals surface area contributed by atoms with Crippen molar-refractivity contribution in [1.29, 1.82) is 0 Å². The van der Waals surface area contributed by atoms with Crippen molar-refractivity contribution >= 4 is 29.2 Å². The van der Waals surface area contributed by atoms with E-state index in [0.717, 1.165) is 24.5 Å². The fourth-order valence-corrected chi connectivity index (χ4v) is 3.00. The number of anilines is 5. The van der Waals surface area contributed by atoms with Crippen molar-refractivity contribution in [3.63, 3.8) is 0 Å². The topological polar surface area (TPSA) is 75.2 Å². The highest BCUT2D eigenvalue weighted by Gasteiger charge is 2.17. The van der Waals surface area contributed by atoms with Crippen LogP contribution in [0.4, 0.5) is 29.2 Å². The average molecular weight is 376 g/mol. The van der Waals surface area contributed by atoms with Gasteiger partial charge in [-0.2, -0.15) is 15.0 Å². The van der Waals surface area contributed by atoms with Gasteiger partial charge in [-0.15, -0.1) is 0 Å². The van der Waals surface area contributed by atoms with Crippen molar-refractivity contribution in [3.8, 4) is 0 Å². The highest BCUT2D eigenvalue weighted by Crippen LogP contribution is 2.21. The number of aryl methyl sites for hydroxylation is 2. The van der Waals surface area contributed by atoms with Crippen LogP contribution in [0, 0.1) is 13.8 Å². The minimum atomic E-state index is 0.510. The third-order valence-corrected chi connectivity index (χ3v) is 4.50. The van der Waals surface area contributed by atoms with Crippen molar-refractivity contribution in [1.82, 2.24) is 15.0 Å². The molecule has 1 saturated heterocycles. The maximum atomic E-state index is 5.45. The Labute approximate surface area is 164 Å². The molecule has 1 fully saturated rings. The van der Waals surface area contributed by atoms with Crippen molar-refractivity contribution in [2.75, 3.05) is 41.8 Å². The second-order valence-electron chi connectivity index (χ2n) is 6.87. The zero-order valence-corrected chi connectivity index (χ0v) is 16.1. The fourth-order valence-electron chi connectivity index (χ4n) is 3.00. The summed E-state index contributed by atoms with van der Waals surface area (Å²) < 4.78 is 5.45. The second kappa shape index (κ2) is 8.22. The molecule has 1 aliphatic rings. The van der Waals surface area contributed by atoms with E-state index in [9.17, 15) is 0 Å². The first-order valence-electron chi connectivity index (χ1n) is 9.42. The summed E-state index contributed by atoms with van der Waals surface area (Å²) in [7, 11) is 0. The van der Waals surface area contributed by atoms with Gasteiger partial charge in [0.25, 0.3) is 0 Å². The molecule has 0 saturated carbocycles. The van der Waals surface area contributed by atoms with Crippen LogP contribution in [0.3, 0.4) is 0 Å². The molecule has 7 nitrogen and oxygen atoms in total. The van der Waals surface area contributed by atoms with Crippen LogP contribution < -0.4 is 15.5 Å². The van der Waals surface area contributed by atoms with E-state index in [2.05, 4.69) is 68.6 Å². The Balaban J connectivity index is 1.64. The summed E-state index contributed by atoms with van der Waals surface area (Å²) in [5, 5.41) is 6.59. The maximum Gasteiger partial charge on any atom is 0.233 e. The van der Waals surface area contributed by atoms with Crippen LogP contribution in [0.5, 0.6) is 0 Å². The first kappa shape index (κ1) is 18.2. The van der Waals surface area contributed by atoms with Gasteiger partial charge < -0.3 is 20.3 Å². The van der Waals surface area contributed by atoms with E-state index in [1.54, 1.807) is 0 Å². The van der Waals surface area contributed by atoms with Gasteiger partial charge in [0, 0.05) is 24.5 Å². The first-order valence-corrected chi connectivity index (χ1v) is 9.42. The lowest BCUT2D eigenvalue weighted by Crippen LogP contribution is -2.37. The molecule has 3 aromatic rings. The predicted molar refractivity (Wildman–Crippen MR) is 112 cm³/mol. The molecule has 0 unspecified atom stereocenters. The minimum Gasteiger partial charge on any atom is -0.378 e. The molecule has 1 aliphatic heterocycles. The van der Waals surface area contributed by atoms with E-state index in [1.807, 2.05) is 24.3 Å². The van der Waals surface area contributed by atoms with Crippen LogP contribution in [0.2, 0.25) is 0 Å². The first-order chi connectivity index (χ1) is 13.7. The zero-order chi connectivity index (χ0) is 19.3. The highest BCUT2D eigenvalue weighted by molar-refractivity contribution is 5.60. The molecule has 0 radical (unpaired) electrons. The number of benzene rings is 2. The molecule has 7 heteroatoms. The van der Waals surface area contributed by atoms with E-state index in [1.165, 1.54) is 11.1 Å². The average Bonchev–Trinajstić information content (AvgIpc) is 2.70. The van der Waals surface area contributed by atoms with Crippen LogP contribution in [0.25, 0.3) is 0 Å². The molecule has 2 aromatic carbocycles. The Morgan fingerprint density at radius 1 is 0.786 bits per heavy atom. The molecule has 1 aromatic heterocycles. The Hall–Kier alpha value is -3.19. The Kier molecular flexibility index (Phi) is 5.34. The van der Waals surface area contributed by atoms with Crippen LogP contribution in [0.1, 0.15) is 11.1 Å². The van der Waals surface area contributed by atoms with E-state index in [0.29, 0.717) is 31.1 Å². The number of hydrogen-bond donors (Lipinski definition) is 2. The Morgan fingerprint density at radius 3 is 2.14 bits per heavy atom. The lowest BCUT2D eigenvalue weighted by molar-refractivity contribution is 0.122. The summed E-state index contributed by atoms with van der Waals surface area (Å²) in [5.41, 5.74) is 4.26. The third-order valence-electron chi connectivity index (χ3n) is 4.50. The number of rotatable bonds is 5. The van der Waals surface area contributed by atoms with Crippen molar-refractivity contribution in [2.24, 2.45) is 0 Å². The molecule has 2 N–H and O–H groups in total. The largest absolute Gasteiger partial charge is 0.378 e. The lowest BCUT2D eigenvalue weighted by atomic mass is 10.2. The van der Waals surface area contributed by atoms with Gasteiger partial charge in [-0.1, -0.05) is 29.8 Å². The van der Waals surface area contributed by atoms with Crippen molar-refractivity contribution in [2.45, 2.75) is 13.8 Å². The van der Waals surface area contributed by atoms with Gasteiger partial charge in [0.05, 0.1) is 13.2 Å². The van der Waals surface area contributed by atoms with Gasteiger partial charge >= 0.3 is 0 Å². The SMILES string of the molecule is Cc1ccc(Nc2nc(Nc3cccc(C)c3)nc(N3CCOCC3)n2)cc1. The van der Waals surface area contributed by atoms with Gasteiger partial charge in [-0.25, -0.2) is 0 Å². The zero-order valence-electron chi connectivity index (χ0n) is 16.1. The molecule has 144 valence electrons. The Morgan fingerprint density at radius 2 is 1.46 bits per heavy atom. The molecule has 0 aliphatic carbocycles. The normalized spacial score (nSPS) is 14.0. The smallest absolute Gasteiger partial charge is 0.233 e. The van der Waals surface area contributed by atoms with Crippen molar-refractivity contribution < 1.29 is 4.74 Å². The predicted octanol–water partition coefficient (Wildman–Crippen LogP) is 3.81. The van der Waals surface area contributed by atoms with Crippen LogP contribution in [0.15, 0.2) is 48.5 Å². The molecule has 0 bridgehead atoms. The summed E-state index contributed by atoms with van der Waals surface area (Å²) in [5.74, 6) is 1.66. The van der Waals surface area contributed by atoms with Gasteiger partial charge in [-0.3, -0.25) is 0 Å². The number of aromatic nitrogens is 3. The summed E-state index contributed by atoms with van der Waals surface area (Å²) in [6, 6.07) is 16.3. The van der Waals surface area contributed by atoms with E-state index in [4.69, 9.17) is 4.74 Å². The molecule has 0 atom stereocenters. The number of nitrogens with zero attached hydrogens (tertiary/aromatic N) is 4. The van der Waals surface area contributed by atoms with E-state index < -0.39 is 0 Å². The summed E-state index contributed by atoms with van der Waals surface area (Å²) in [6.07, 6.45) is 0. The van der Waals surface area contributed by atoms with Crippen molar-refractivity contribution in [3.05, 3.63) is 59.7 Å². The lowest BCUT2D eigenvalue weighted by Gasteiger charge is -2.27. The molecule has 2 heterocycles.